The molecule has 7 nitrogen and oxygen atoms in total. The lowest BCUT2D eigenvalue weighted by Crippen LogP contribution is -2.30. The Kier molecular flexibility index (Phi) is 3.73. The van der Waals surface area contributed by atoms with Crippen molar-refractivity contribution < 1.29 is 14.0 Å². The van der Waals surface area contributed by atoms with E-state index in [9.17, 15) is 14.9 Å². The van der Waals surface area contributed by atoms with Crippen LogP contribution < -0.4 is 4.90 Å². The number of nitriles is 1. The number of benzene rings is 1. The van der Waals surface area contributed by atoms with E-state index in [1.807, 2.05) is 11.0 Å². The molecule has 0 spiro atoms. The topological polar surface area (TPSA) is 90.4 Å². The number of amides is 2. The molecule has 2 aromatic rings. The zero-order chi connectivity index (χ0) is 17.4. The van der Waals surface area contributed by atoms with Crippen molar-refractivity contribution in [1.29, 1.82) is 5.26 Å². The van der Waals surface area contributed by atoms with Crippen molar-refractivity contribution in [3.8, 4) is 6.07 Å². The Balaban J connectivity index is 1.60. The van der Waals surface area contributed by atoms with Crippen molar-refractivity contribution in [2.75, 3.05) is 18.0 Å². The summed E-state index contributed by atoms with van der Waals surface area (Å²) >= 11 is 0. The number of nitrogens with zero attached hydrogens (tertiary/aromatic N) is 4. The molecule has 7 heteroatoms. The van der Waals surface area contributed by atoms with E-state index in [-0.39, 0.29) is 29.9 Å². The number of oxazole rings is 1. The minimum atomic E-state index is -0.364. The first-order chi connectivity index (χ1) is 12.2. The lowest BCUT2D eigenvalue weighted by atomic mass is 10.1. The predicted molar refractivity (Wildman–Crippen MR) is 87.9 cm³/mol. The van der Waals surface area contributed by atoms with E-state index >= 15 is 0 Å². The molecule has 0 unspecified atom stereocenters. The first-order valence-electron chi connectivity index (χ1n) is 8.29. The van der Waals surface area contributed by atoms with E-state index in [2.05, 4.69) is 4.98 Å². The molecule has 2 amide bonds. The van der Waals surface area contributed by atoms with E-state index in [4.69, 9.17) is 4.42 Å². The van der Waals surface area contributed by atoms with Crippen molar-refractivity contribution in [2.45, 2.75) is 25.8 Å². The molecule has 25 heavy (non-hydrogen) atoms. The molecule has 0 N–H and O–H groups in total. The minimum Gasteiger partial charge on any atom is -0.422 e. The second kappa shape index (κ2) is 6.06. The van der Waals surface area contributed by atoms with Gasteiger partial charge in [0.1, 0.15) is 12.6 Å². The molecule has 1 aromatic heterocycles. The van der Waals surface area contributed by atoms with Crippen LogP contribution in [0, 0.1) is 11.3 Å². The highest BCUT2D eigenvalue weighted by Gasteiger charge is 2.36. The fourth-order valence-corrected chi connectivity index (χ4v) is 3.33. The Morgan fingerprint density at radius 1 is 1.08 bits per heavy atom. The van der Waals surface area contributed by atoms with E-state index in [1.165, 1.54) is 0 Å². The highest BCUT2D eigenvalue weighted by Crippen LogP contribution is 2.28. The van der Waals surface area contributed by atoms with Crippen LogP contribution in [-0.2, 0) is 6.54 Å². The second-order valence-corrected chi connectivity index (χ2v) is 6.16. The maximum Gasteiger partial charge on any atom is 0.262 e. The van der Waals surface area contributed by atoms with Crippen molar-refractivity contribution in [3.05, 3.63) is 47.0 Å². The summed E-state index contributed by atoms with van der Waals surface area (Å²) in [6, 6.07) is 8.75. The van der Waals surface area contributed by atoms with Crippen molar-refractivity contribution in [1.82, 2.24) is 9.88 Å². The molecular formula is C18H16N4O3. The normalized spacial score (nSPS) is 16.9. The lowest BCUT2D eigenvalue weighted by molar-refractivity contribution is 0.0629. The number of hydrogen-bond acceptors (Lipinski definition) is 6. The van der Waals surface area contributed by atoms with Gasteiger partial charge in [0.05, 0.1) is 11.1 Å². The lowest BCUT2D eigenvalue weighted by Gasteiger charge is -2.25. The number of anilines is 1. The van der Waals surface area contributed by atoms with Crippen LogP contribution in [0.3, 0.4) is 0 Å². The maximum atomic E-state index is 12.4. The highest BCUT2D eigenvalue weighted by molar-refractivity contribution is 6.21. The van der Waals surface area contributed by atoms with Gasteiger partial charge in [-0.25, -0.2) is 0 Å². The van der Waals surface area contributed by atoms with Crippen LogP contribution in [0.25, 0.3) is 0 Å². The molecule has 126 valence electrons. The average molecular weight is 336 g/mol. The van der Waals surface area contributed by atoms with Gasteiger partial charge in [0, 0.05) is 13.1 Å². The summed E-state index contributed by atoms with van der Waals surface area (Å²) in [6.45, 7) is 1.56. The standard InChI is InChI=1S/C18H16N4O3/c19-10-14-18(21-8-4-1-5-9-21)25-15(20-14)11-22-16(23)12-6-2-3-7-13(12)17(22)24/h2-3,6-7H,1,4-5,8-9,11H2. The quantitative estimate of drug-likeness (QED) is 0.799. The van der Waals surface area contributed by atoms with E-state index in [1.54, 1.807) is 24.3 Å². The Morgan fingerprint density at radius 3 is 2.32 bits per heavy atom. The second-order valence-electron chi connectivity index (χ2n) is 6.16. The molecule has 1 aromatic carbocycles. The van der Waals surface area contributed by atoms with Crippen LogP contribution in [-0.4, -0.2) is 34.8 Å². The van der Waals surface area contributed by atoms with Crippen LogP contribution in [0.2, 0.25) is 0 Å². The summed E-state index contributed by atoms with van der Waals surface area (Å²) in [7, 11) is 0. The first kappa shape index (κ1) is 15.4. The summed E-state index contributed by atoms with van der Waals surface area (Å²) in [5, 5.41) is 9.32. The maximum absolute atomic E-state index is 12.4. The van der Waals surface area contributed by atoms with Crippen LogP contribution in [0.15, 0.2) is 28.7 Å². The number of imide groups is 1. The number of aromatic nitrogens is 1. The third-order valence-corrected chi connectivity index (χ3v) is 4.57. The van der Waals surface area contributed by atoms with Crippen LogP contribution in [0.4, 0.5) is 5.88 Å². The van der Waals surface area contributed by atoms with Gasteiger partial charge in [-0.15, -0.1) is 0 Å². The summed E-state index contributed by atoms with van der Waals surface area (Å²) in [5.74, 6) is -0.0888. The molecular weight excluding hydrogens is 320 g/mol. The molecule has 0 aliphatic carbocycles. The van der Waals surface area contributed by atoms with Gasteiger partial charge < -0.3 is 9.32 Å². The van der Waals surface area contributed by atoms with Crippen LogP contribution >= 0.6 is 0 Å². The van der Waals surface area contributed by atoms with Crippen molar-refractivity contribution >= 4 is 17.7 Å². The van der Waals surface area contributed by atoms with Gasteiger partial charge in [0.2, 0.25) is 17.5 Å². The average Bonchev–Trinajstić information content (AvgIpc) is 3.18. The van der Waals surface area contributed by atoms with Gasteiger partial charge in [-0.3, -0.25) is 14.5 Å². The van der Waals surface area contributed by atoms with Crippen LogP contribution in [0.5, 0.6) is 0 Å². The highest BCUT2D eigenvalue weighted by atomic mass is 16.4. The van der Waals surface area contributed by atoms with Crippen LogP contribution in [0.1, 0.15) is 51.6 Å². The Hall–Kier alpha value is -3.14. The zero-order valence-electron chi connectivity index (χ0n) is 13.6. The zero-order valence-corrected chi connectivity index (χ0v) is 13.6. The van der Waals surface area contributed by atoms with E-state index in [0.29, 0.717) is 17.0 Å². The monoisotopic (exact) mass is 336 g/mol. The molecule has 0 bridgehead atoms. The number of carbonyl (C=O) groups is 2. The van der Waals surface area contributed by atoms with E-state index in [0.717, 1.165) is 37.3 Å². The third-order valence-electron chi connectivity index (χ3n) is 4.57. The van der Waals surface area contributed by atoms with Gasteiger partial charge >= 0.3 is 0 Å². The first-order valence-corrected chi connectivity index (χ1v) is 8.29. The molecule has 2 aliphatic rings. The molecule has 2 aliphatic heterocycles. The summed E-state index contributed by atoms with van der Waals surface area (Å²) in [4.78, 5) is 32.2. The van der Waals surface area contributed by atoms with Gasteiger partial charge in [-0.05, 0) is 31.4 Å². The largest absolute Gasteiger partial charge is 0.422 e. The summed E-state index contributed by atoms with van der Waals surface area (Å²) in [6.07, 6.45) is 3.24. The number of hydrogen-bond donors (Lipinski definition) is 0. The number of fused-ring (bicyclic) bond motifs is 1. The van der Waals surface area contributed by atoms with Gasteiger partial charge in [-0.1, -0.05) is 12.1 Å². The predicted octanol–water partition coefficient (Wildman–Crippen LogP) is 2.33. The van der Waals surface area contributed by atoms with Gasteiger partial charge in [-0.2, -0.15) is 10.2 Å². The molecule has 4 rings (SSSR count). The smallest absolute Gasteiger partial charge is 0.262 e. The molecule has 1 fully saturated rings. The van der Waals surface area contributed by atoms with Crippen molar-refractivity contribution in [2.24, 2.45) is 0 Å². The Morgan fingerprint density at radius 2 is 1.72 bits per heavy atom. The molecule has 0 saturated carbocycles. The summed E-state index contributed by atoms with van der Waals surface area (Å²) in [5.41, 5.74) is 0.972. The number of carbonyl (C=O) groups excluding carboxylic acids is 2. The minimum absolute atomic E-state index is 0.0745. The summed E-state index contributed by atoms with van der Waals surface area (Å²) < 4.78 is 5.75. The SMILES string of the molecule is N#Cc1nc(CN2C(=O)c3ccccc3C2=O)oc1N1CCCCC1. The number of piperidine rings is 1. The Labute approximate surface area is 144 Å². The van der Waals surface area contributed by atoms with Crippen molar-refractivity contribution in [3.63, 3.8) is 0 Å². The van der Waals surface area contributed by atoms with Gasteiger partial charge in [0.25, 0.3) is 11.8 Å². The molecule has 1 saturated heterocycles. The molecule has 0 radical (unpaired) electrons. The third kappa shape index (κ3) is 2.56. The molecule has 3 heterocycles. The Bertz CT molecular complexity index is 855. The number of rotatable bonds is 3. The van der Waals surface area contributed by atoms with E-state index < -0.39 is 0 Å². The van der Waals surface area contributed by atoms with Gasteiger partial charge in [0.15, 0.2) is 0 Å². The molecule has 0 atom stereocenters. The fraction of sp³-hybridized carbons (Fsp3) is 0.333. The fourth-order valence-electron chi connectivity index (χ4n) is 3.33.